The van der Waals surface area contributed by atoms with Crippen molar-refractivity contribution in [1.29, 1.82) is 0 Å². The van der Waals surface area contributed by atoms with Gasteiger partial charge >= 0.3 is 0 Å². The fourth-order valence-corrected chi connectivity index (χ4v) is 5.35. The Morgan fingerprint density at radius 3 is 2.66 bits per heavy atom. The van der Waals surface area contributed by atoms with E-state index in [2.05, 4.69) is 57.4 Å². The van der Waals surface area contributed by atoms with Crippen LogP contribution in [0.2, 0.25) is 0 Å². The van der Waals surface area contributed by atoms with E-state index in [0.29, 0.717) is 25.2 Å². The van der Waals surface area contributed by atoms with Crippen LogP contribution in [0.15, 0.2) is 59.3 Å². The molecule has 0 bridgehead atoms. The van der Waals surface area contributed by atoms with Crippen LogP contribution in [-0.4, -0.2) is 59.7 Å². The summed E-state index contributed by atoms with van der Waals surface area (Å²) in [5.41, 5.74) is 4.15. The van der Waals surface area contributed by atoms with Gasteiger partial charge in [0.1, 0.15) is 5.76 Å². The molecule has 3 aliphatic heterocycles. The molecule has 5 heterocycles. The van der Waals surface area contributed by atoms with Gasteiger partial charge in [-0.2, -0.15) is 0 Å². The van der Waals surface area contributed by atoms with Crippen molar-refractivity contribution in [2.75, 3.05) is 44.7 Å². The Morgan fingerprint density at radius 1 is 1.00 bits per heavy atom. The summed E-state index contributed by atoms with van der Waals surface area (Å²) in [5, 5.41) is 3.82. The highest BCUT2D eigenvalue weighted by Crippen LogP contribution is 2.43. The third-order valence-corrected chi connectivity index (χ3v) is 7.13. The normalized spacial score (nSPS) is 19.9. The number of morpholine rings is 1. The number of ether oxygens (including phenoxy) is 1. The van der Waals surface area contributed by atoms with E-state index in [1.54, 1.807) is 6.26 Å². The highest BCUT2D eigenvalue weighted by molar-refractivity contribution is 5.95. The minimum atomic E-state index is -0.151. The molecule has 0 saturated carbocycles. The maximum Gasteiger partial charge on any atom is 0.257 e. The first kappa shape index (κ1) is 19.6. The Hall–Kier alpha value is -3.03. The van der Waals surface area contributed by atoms with E-state index >= 15 is 0 Å². The number of fused-ring (bicyclic) bond motifs is 4. The lowest BCUT2D eigenvalue weighted by Gasteiger charge is -2.46. The van der Waals surface area contributed by atoms with Gasteiger partial charge in [0.25, 0.3) is 5.91 Å². The minimum Gasteiger partial charge on any atom is -0.467 e. The van der Waals surface area contributed by atoms with Crippen molar-refractivity contribution in [3.8, 4) is 5.69 Å². The standard InChI is InChI=1S/C25H28N4O3/c30-24(19-7-15-32-22(19)18-27-13-16-31-17-14-27)28-11-8-25(9-12-28)23-6-3-10-29(23)21-5-2-1-4-20(21)26-25/h1-7,10,15,26H,8-9,11-14,16-18H2. The van der Waals surface area contributed by atoms with Gasteiger partial charge in [-0.25, -0.2) is 0 Å². The second-order valence-electron chi connectivity index (χ2n) is 8.93. The van der Waals surface area contributed by atoms with Crippen molar-refractivity contribution >= 4 is 11.6 Å². The molecular formula is C25H28N4O3. The first-order valence-electron chi connectivity index (χ1n) is 11.4. The number of furan rings is 1. The fraction of sp³-hybridized carbons (Fsp3) is 0.400. The monoisotopic (exact) mass is 432 g/mol. The third-order valence-electron chi connectivity index (χ3n) is 7.13. The molecule has 0 unspecified atom stereocenters. The molecule has 2 fully saturated rings. The van der Waals surface area contributed by atoms with Crippen LogP contribution in [0.1, 0.15) is 34.7 Å². The van der Waals surface area contributed by atoms with Gasteiger partial charge in [-0.05, 0) is 43.2 Å². The minimum absolute atomic E-state index is 0.0726. The summed E-state index contributed by atoms with van der Waals surface area (Å²) < 4.78 is 13.4. The number of nitrogens with zero attached hydrogens (tertiary/aromatic N) is 3. The first-order valence-corrected chi connectivity index (χ1v) is 11.4. The smallest absolute Gasteiger partial charge is 0.257 e. The van der Waals surface area contributed by atoms with Gasteiger partial charge in [0.15, 0.2) is 0 Å². The number of carbonyl (C=O) groups excluding carboxylic acids is 1. The van der Waals surface area contributed by atoms with Gasteiger partial charge in [0.05, 0.1) is 48.5 Å². The predicted molar refractivity (Wildman–Crippen MR) is 121 cm³/mol. The number of anilines is 1. The topological polar surface area (TPSA) is 62.9 Å². The zero-order chi connectivity index (χ0) is 21.5. The molecule has 0 aliphatic carbocycles. The zero-order valence-corrected chi connectivity index (χ0v) is 18.1. The van der Waals surface area contributed by atoms with E-state index in [1.807, 2.05) is 11.0 Å². The van der Waals surface area contributed by atoms with Gasteiger partial charge in [0.2, 0.25) is 0 Å². The molecule has 3 aliphatic rings. The third kappa shape index (κ3) is 3.24. The molecule has 166 valence electrons. The Morgan fingerprint density at radius 2 is 1.81 bits per heavy atom. The number of benzene rings is 1. The number of carbonyl (C=O) groups is 1. The number of piperidine rings is 1. The van der Waals surface area contributed by atoms with Crippen LogP contribution in [-0.2, 0) is 16.8 Å². The van der Waals surface area contributed by atoms with Crippen molar-refractivity contribution in [2.45, 2.75) is 24.9 Å². The number of nitrogens with one attached hydrogen (secondary N) is 1. The lowest BCUT2D eigenvalue weighted by molar-refractivity contribution is 0.0310. The number of aromatic nitrogens is 1. The Bertz CT molecular complexity index is 1120. The molecule has 32 heavy (non-hydrogen) atoms. The largest absolute Gasteiger partial charge is 0.467 e. The number of hydrogen-bond donors (Lipinski definition) is 1. The van der Waals surface area contributed by atoms with Gasteiger partial charge in [-0.3, -0.25) is 9.69 Å². The number of likely N-dealkylation sites (tertiary alicyclic amines) is 1. The SMILES string of the molecule is O=C(c1ccoc1CN1CCOCC1)N1CCC2(CC1)Nc1ccccc1-n1cccc12. The first-order chi connectivity index (χ1) is 15.7. The van der Waals surface area contributed by atoms with Crippen molar-refractivity contribution in [3.05, 3.63) is 71.9 Å². The number of amides is 1. The summed E-state index contributed by atoms with van der Waals surface area (Å²) in [6, 6.07) is 14.6. The predicted octanol–water partition coefficient (Wildman–Crippen LogP) is 3.46. The molecular weight excluding hydrogens is 404 g/mol. The average molecular weight is 433 g/mol. The number of rotatable bonds is 3. The van der Waals surface area contributed by atoms with Crippen LogP contribution in [0.3, 0.4) is 0 Å². The van der Waals surface area contributed by atoms with Crippen LogP contribution in [0.5, 0.6) is 0 Å². The molecule has 2 aromatic heterocycles. The Labute approximate surface area is 187 Å². The van der Waals surface area contributed by atoms with Gasteiger partial charge in [-0.1, -0.05) is 12.1 Å². The van der Waals surface area contributed by atoms with E-state index < -0.39 is 0 Å². The summed E-state index contributed by atoms with van der Waals surface area (Å²) in [7, 11) is 0. The Balaban J connectivity index is 1.19. The van der Waals surface area contributed by atoms with Crippen LogP contribution < -0.4 is 5.32 Å². The van der Waals surface area contributed by atoms with Gasteiger partial charge in [0, 0.05) is 38.1 Å². The molecule has 0 atom stereocenters. The van der Waals surface area contributed by atoms with Gasteiger partial charge < -0.3 is 23.9 Å². The molecule has 1 N–H and O–H groups in total. The van der Waals surface area contributed by atoms with Crippen LogP contribution >= 0.6 is 0 Å². The maximum atomic E-state index is 13.4. The lowest BCUT2D eigenvalue weighted by atomic mass is 9.82. The summed E-state index contributed by atoms with van der Waals surface area (Å²) in [6.07, 6.45) is 5.51. The van der Waals surface area contributed by atoms with Crippen LogP contribution in [0, 0.1) is 0 Å². The quantitative estimate of drug-likeness (QED) is 0.687. The summed E-state index contributed by atoms with van der Waals surface area (Å²) in [5.74, 6) is 0.833. The van der Waals surface area contributed by atoms with Crippen molar-refractivity contribution in [3.63, 3.8) is 0 Å². The Kier molecular flexibility index (Phi) is 4.81. The second kappa shape index (κ2) is 7.83. The van der Waals surface area contributed by atoms with Crippen LogP contribution in [0.25, 0.3) is 5.69 Å². The van der Waals surface area contributed by atoms with E-state index in [1.165, 1.54) is 11.4 Å². The highest BCUT2D eigenvalue weighted by atomic mass is 16.5. The second-order valence-corrected chi connectivity index (χ2v) is 8.93. The van der Waals surface area contributed by atoms with E-state index in [0.717, 1.165) is 50.6 Å². The lowest BCUT2D eigenvalue weighted by Crippen LogP contribution is -2.51. The molecule has 7 nitrogen and oxygen atoms in total. The molecule has 2 saturated heterocycles. The maximum absolute atomic E-state index is 13.4. The van der Waals surface area contributed by atoms with E-state index in [-0.39, 0.29) is 11.4 Å². The van der Waals surface area contributed by atoms with Crippen molar-refractivity contribution in [2.24, 2.45) is 0 Å². The summed E-state index contributed by atoms with van der Waals surface area (Å²) in [4.78, 5) is 17.6. The fourth-order valence-electron chi connectivity index (χ4n) is 5.35. The number of para-hydroxylation sites is 2. The van der Waals surface area contributed by atoms with E-state index in [9.17, 15) is 4.79 Å². The van der Waals surface area contributed by atoms with Crippen LogP contribution in [0.4, 0.5) is 5.69 Å². The molecule has 6 rings (SSSR count). The van der Waals surface area contributed by atoms with Crippen molar-refractivity contribution in [1.82, 2.24) is 14.4 Å². The molecule has 7 heteroatoms. The van der Waals surface area contributed by atoms with Gasteiger partial charge in [-0.15, -0.1) is 0 Å². The highest BCUT2D eigenvalue weighted by Gasteiger charge is 2.42. The summed E-state index contributed by atoms with van der Waals surface area (Å²) >= 11 is 0. The van der Waals surface area contributed by atoms with Crippen molar-refractivity contribution < 1.29 is 13.9 Å². The average Bonchev–Trinajstić information content (AvgIpc) is 3.51. The molecule has 1 aromatic carbocycles. The van der Waals surface area contributed by atoms with E-state index in [4.69, 9.17) is 9.15 Å². The molecule has 0 radical (unpaired) electrons. The number of hydrogen-bond acceptors (Lipinski definition) is 5. The zero-order valence-electron chi connectivity index (χ0n) is 18.1. The molecule has 1 spiro atoms. The summed E-state index contributed by atoms with van der Waals surface area (Å²) in [6.45, 7) is 5.27. The molecule has 1 amide bonds. The molecule has 3 aromatic rings.